The molecule has 0 amide bonds. The summed E-state index contributed by atoms with van der Waals surface area (Å²) < 4.78 is 14.9. The summed E-state index contributed by atoms with van der Waals surface area (Å²) in [6.07, 6.45) is 3.60. The van der Waals surface area contributed by atoms with Crippen molar-refractivity contribution in [2.24, 2.45) is 19.5 Å². The maximum Gasteiger partial charge on any atom is 0.332 e. The van der Waals surface area contributed by atoms with Crippen LogP contribution in [0.1, 0.15) is 47.0 Å². The van der Waals surface area contributed by atoms with E-state index in [0.717, 1.165) is 12.8 Å². The highest BCUT2D eigenvalue weighted by molar-refractivity contribution is 5.75. The fourth-order valence-electron chi connectivity index (χ4n) is 2.80. The first kappa shape index (κ1) is 21.9. The lowest BCUT2D eigenvalue weighted by molar-refractivity contribution is -0.169. The first-order chi connectivity index (χ1) is 13.0. The number of aromatic nitrogens is 4. The quantitative estimate of drug-likeness (QED) is 0.383. The van der Waals surface area contributed by atoms with Gasteiger partial charge in [0.15, 0.2) is 18.0 Å². The number of hydrogen-bond acceptors (Lipinski definition) is 6. The van der Waals surface area contributed by atoms with E-state index in [2.05, 4.69) is 4.98 Å². The molecule has 0 radical (unpaired) electrons. The van der Waals surface area contributed by atoms with Gasteiger partial charge in [0.2, 0.25) is 0 Å². The monoisotopic (exact) mass is 394 g/mol. The van der Waals surface area contributed by atoms with Crippen molar-refractivity contribution >= 4 is 17.1 Å². The Bertz CT molecular complexity index is 948. The van der Waals surface area contributed by atoms with Crippen molar-refractivity contribution in [2.45, 2.75) is 59.6 Å². The number of aryl methyl sites for hydroxylation is 2. The summed E-state index contributed by atoms with van der Waals surface area (Å²) in [5, 5.41) is 0. The molecule has 0 spiro atoms. The maximum atomic E-state index is 12.6. The van der Waals surface area contributed by atoms with Crippen LogP contribution in [0.4, 0.5) is 0 Å². The third kappa shape index (κ3) is 4.89. The summed E-state index contributed by atoms with van der Waals surface area (Å²) in [4.78, 5) is 40.8. The minimum absolute atomic E-state index is 0.0750. The summed E-state index contributed by atoms with van der Waals surface area (Å²) in [5.74, 6) is -0.305. The largest absolute Gasteiger partial charge is 0.438 e. The van der Waals surface area contributed by atoms with E-state index in [4.69, 9.17) is 9.47 Å². The molecule has 0 aliphatic carbocycles. The summed E-state index contributed by atoms with van der Waals surface area (Å²) >= 11 is 0. The molecule has 0 aliphatic heterocycles. The second kappa shape index (κ2) is 8.72. The highest BCUT2D eigenvalue weighted by Gasteiger charge is 2.23. The van der Waals surface area contributed by atoms with Gasteiger partial charge < -0.3 is 14.0 Å². The van der Waals surface area contributed by atoms with Crippen LogP contribution in [0.25, 0.3) is 11.2 Å². The number of rotatable bonds is 8. The number of esters is 1. The van der Waals surface area contributed by atoms with Gasteiger partial charge in [0.05, 0.1) is 17.8 Å². The van der Waals surface area contributed by atoms with E-state index in [1.807, 2.05) is 6.92 Å². The predicted molar refractivity (Wildman–Crippen MR) is 105 cm³/mol. The van der Waals surface area contributed by atoms with Gasteiger partial charge >= 0.3 is 11.7 Å². The zero-order valence-electron chi connectivity index (χ0n) is 17.5. The molecule has 2 aromatic heterocycles. The van der Waals surface area contributed by atoms with Gasteiger partial charge in [0.1, 0.15) is 0 Å². The fraction of sp³-hybridized carbons (Fsp3) is 0.684. The lowest BCUT2D eigenvalue weighted by Crippen LogP contribution is -2.39. The van der Waals surface area contributed by atoms with Crippen LogP contribution in [-0.4, -0.2) is 37.6 Å². The van der Waals surface area contributed by atoms with Crippen LogP contribution in [0.2, 0.25) is 0 Å². The van der Waals surface area contributed by atoms with Crippen LogP contribution in [-0.2, 0) is 34.9 Å². The minimum atomic E-state index is -0.555. The van der Waals surface area contributed by atoms with E-state index in [1.165, 1.54) is 15.5 Å². The van der Waals surface area contributed by atoms with Gasteiger partial charge in [-0.2, -0.15) is 0 Å². The molecule has 156 valence electrons. The standard InChI is InChI=1S/C19H30N4O5/c1-13(27-12-28-17(25)19(2,3)4)9-7-8-10-23-16(24)14-15(20-11-21(14)5)22(6)18(23)26/h11,13H,7-10,12H2,1-6H3/t13-/m1/s1. The van der Waals surface area contributed by atoms with E-state index in [1.54, 1.807) is 39.4 Å². The van der Waals surface area contributed by atoms with Gasteiger partial charge in [-0.1, -0.05) is 0 Å². The number of fused-ring (bicyclic) bond motifs is 1. The number of ether oxygens (including phenoxy) is 2. The third-order valence-corrected chi connectivity index (χ3v) is 4.60. The highest BCUT2D eigenvalue weighted by atomic mass is 16.7. The molecule has 2 aromatic rings. The Balaban J connectivity index is 1.86. The van der Waals surface area contributed by atoms with Crippen molar-refractivity contribution in [3.8, 4) is 0 Å². The number of hydrogen-bond donors (Lipinski definition) is 0. The van der Waals surface area contributed by atoms with Crippen molar-refractivity contribution < 1.29 is 14.3 Å². The topological polar surface area (TPSA) is 97.3 Å². The second-order valence-corrected chi connectivity index (χ2v) is 8.10. The first-order valence-electron chi connectivity index (χ1n) is 9.43. The Morgan fingerprint density at radius 1 is 1.21 bits per heavy atom. The van der Waals surface area contributed by atoms with Gasteiger partial charge in [0.25, 0.3) is 5.56 Å². The van der Waals surface area contributed by atoms with E-state index in [-0.39, 0.29) is 30.1 Å². The molecule has 1 atom stereocenters. The number of nitrogens with zero attached hydrogens (tertiary/aromatic N) is 4. The van der Waals surface area contributed by atoms with Gasteiger partial charge in [-0.05, 0) is 47.0 Å². The molecule has 0 aliphatic rings. The smallest absolute Gasteiger partial charge is 0.332 e. The van der Waals surface area contributed by atoms with Gasteiger partial charge in [-0.15, -0.1) is 0 Å². The molecule has 0 unspecified atom stereocenters. The van der Waals surface area contributed by atoms with E-state index >= 15 is 0 Å². The van der Waals surface area contributed by atoms with Crippen LogP contribution in [0, 0.1) is 5.41 Å². The van der Waals surface area contributed by atoms with Crippen molar-refractivity contribution in [3.63, 3.8) is 0 Å². The van der Waals surface area contributed by atoms with Crippen molar-refractivity contribution in [1.82, 2.24) is 18.7 Å². The summed E-state index contributed by atoms with van der Waals surface area (Å²) in [6, 6.07) is 0. The van der Waals surface area contributed by atoms with Gasteiger partial charge in [0, 0.05) is 20.6 Å². The zero-order valence-corrected chi connectivity index (χ0v) is 17.5. The highest BCUT2D eigenvalue weighted by Crippen LogP contribution is 2.15. The van der Waals surface area contributed by atoms with Crippen LogP contribution in [0.3, 0.4) is 0 Å². The Hall–Kier alpha value is -2.42. The molecular weight excluding hydrogens is 364 g/mol. The maximum absolute atomic E-state index is 12.6. The molecule has 9 heteroatoms. The molecule has 9 nitrogen and oxygen atoms in total. The molecule has 0 saturated heterocycles. The zero-order chi connectivity index (χ0) is 21.1. The van der Waals surface area contributed by atoms with Crippen molar-refractivity contribution in [2.75, 3.05) is 6.79 Å². The summed E-state index contributed by atoms with van der Waals surface area (Å²) in [7, 11) is 3.35. The lowest BCUT2D eigenvalue weighted by atomic mass is 9.98. The summed E-state index contributed by atoms with van der Waals surface area (Å²) in [5.41, 5.74) is -0.438. The lowest BCUT2D eigenvalue weighted by Gasteiger charge is -2.18. The van der Waals surface area contributed by atoms with E-state index < -0.39 is 5.41 Å². The Morgan fingerprint density at radius 2 is 1.89 bits per heavy atom. The van der Waals surface area contributed by atoms with Crippen LogP contribution in [0.15, 0.2) is 15.9 Å². The van der Waals surface area contributed by atoms with Crippen LogP contribution >= 0.6 is 0 Å². The average molecular weight is 394 g/mol. The van der Waals surface area contributed by atoms with E-state index in [9.17, 15) is 14.4 Å². The molecular formula is C19H30N4O5. The third-order valence-electron chi connectivity index (χ3n) is 4.60. The van der Waals surface area contributed by atoms with Gasteiger partial charge in [-0.3, -0.25) is 18.7 Å². The molecule has 0 aromatic carbocycles. The molecule has 28 heavy (non-hydrogen) atoms. The average Bonchev–Trinajstić information content (AvgIpc) is 3.00. The molecule has 2 heterocycles. The predicted octanol–water partition coefficient (Wildman–Crippen LogP) is 1.56. The van der Waals surface area contributed by atoms with E-state index in [0.29, 0.717) is 24.1 Å². The normalized spacial score (nSPS) is 13.1. The molecule has 0 saturated carbocycles. The number of carbonyl (C=O) groups excluding carboxylic acids is 1. The molecule has 2 rings (SSSR count). The Labute approximate surface area is 163 Å². The number of imidazole rings is 1. The van der Waals surface area contributed by atoms with Crippen molar-refractivity contribution in [1.29, 1.82) is 0 Å². The Kier molecular flexibility index (Phi) is 6.82. The number of carbonyl (C=O) groups is 1. The SMILES string of the molecule is C[C@H](CCCCn1c(=O)c2c(ncn2C)n(C)c1=O)OCOC(=O)C(C)(C)C. The number of unbranched alkanes of at least 4 members (excludes halogenated alkanes) is 1. The fourth-order valence-corrected chi connectivity index (χ4v) is 2.80. The first-order valence-corrected chi connectivity index (χ1v) is 9.43. The second-order valence-electron chi connectivity index (χ2n) is 8.10. The van der Waals surface area contributed by atoms with Crippen LogP contribution in [0.5, 0.6) is 0 Å². The molecule has 0 N–H and O–H groups in total. The minimum Gasteiger partial charge on any atom is -0.438 e. The molecule has 0 bridgehead atoms. The Morgan fingerprint density at radius 3 is 2.54 bits per heavy atom. The van der Waals surface area contributed by atoms with Crippen molar-refractivity contribution in [3.05, 3.63) is 27.2 Å². The van der Waals surface area contributed by atoms with Crippen LogP contribution < -0.4 is 11.2 Å². The summed E-state index contributed by atoms with van der Waals surface area (Å²) in [6.45, 7) is 7.51. The van der Waals surface area contributed by atoms with Gasteiger partial charge in [-0.25, -0.2) is 9.78 Å². The molecule has 0 fully saturated rings.